The minimum atomic E-state index is -0.629. The normalized spacial score (nSPS) is 15.2. The van der Waals surface area contributed by atoms with Crippen LogP contribution in [-0.2, 0) is 11.2 Å². The number of nitrogens with two attached hydrogens (primary N) is 1. The van der Waals surface area contributed by atoms with Crippen molar-refractivity contribution in [3.8, 4) is 0 Å². The zero-order valence-corrected chi connectivity index (χ0v) is 16.1. The molecule has 1 aliphatic heterocycles. The van der Waals surface area contributed by atoms with Crippen molar-refractivity contribution in [1.82, 2.24) is 10.2 Å². The molecule has 2 amide bonds. The Balaban J connectivity index is 1.45. The average Bonchev–Trinajstić information content (AvgIpc) is 3.22. The summed E-state index contributed by atoms with van der Waals surface area (Å²) in [5.74, 6) is -0.343. The van der Waals surface area contributed by atoms with Crippen LogP contribution in [0, 0.1) is 0 Å². The highest BCUT2D eigenvalue weighted by Gasteiger charge is 2.15. The zero-order valence-electron chi connectivity index (χ0n) is 16.1. The Morgan fingerprint density at radius 1 is 1.00 bits per heavy atom. The third-order valence-corrected chi connectivity index (χ3v) is 4.96. The molecule has 1 atom stereocenters. The van der Waals surface area contributed by atoms with E-state index in [9.17, 15) is 9.59 Å². The minimum Gasteiger partial charge on any atom is -0.351 e. The van der Waals surface area contributed by atoms with E-state index < -0.39 is 6.04 Å². The lowest BCUT2D eigenvalue weighted by molar-refractivity contribution is -0.117. The van der Waals surface area contributed by atoms with Gasteiger partial charge >= 0.3 is 0 Å². The van der Waals surface area contributed by atoms with Gasteiger partial charge in [0.2, 0.25) is 5.91 Å². The van der Waals surface area contributed by atoms with E-state index in [0.717, 1.165) is 25.2 Å². The van der Waals surface area contributed by atoms with Crippen LogP contribution in [0.3, 0.4) is 0 Å². The van der Waals surface area contributed by atoms with E-state index in [1.165, 1.54) is 12.8 Å². The molecular formula is C22H28N4O2. The maximum atomic E-state index is 12.3. The van der Waals surface area contributed by atoms with Gasteiger partial charge < -0.3 is 21.3 Å². The quantitative estimate of drug-likeness (QED) is 0.654. The highest BCUT2D eigenvalue weighted by atomic mass is 16.2. The molecule has 148 valence electrons. The van der Waals surface area contributed by atoms with Gasteiger partial charge in [-0.1, -0.05) is 30.3 Å². The molecule has 0 aromatic heterocycles. The van der Waals surface area contributed by atoms with Gasteiger partial charge in [0.1, 0.15) is 0 Å². The second-order valence-electron chi connectivity index (χ2n) is 7.17. The molecule has 1 fully saturated rings. The number of likely N-dealkylation sites (tertiary alicyclic amines) is 1. The fourth-order valence-electron chi connectivity index (χ4n) is 3.34. The third-order valence-electron chi connectivity index (χ3n) is 4.96. The summed E-state index contributed by atoms with van der Waals surface area (Å²) in [7, 11) is 0. The summed E-state index contributed by atoms with van der Waals surface area (Å²) in [4.78, 5) is 26.9. The summed E-state index contributed by atoms with van der Waals surface area (Å²) in [5, 5.41) is 5.75. The van der Waals surface area contributed by atoms with E-state index in [-0.39, 0.29) is 11.8 Å². The standard InChI is InChI=1S/C22H28N4O2/c23-20(16-17-6-2-1-3-7-17)22(28)25-19-10-8-18(9-11-19)21(27)24-12-15-26-13-4-5-14-26/h1-3,6-11,20H,4-5,12-16,23H2,(H,24,27)(H,25,28). The summed E-state index contributed by atoms with van der Waals surface area (Å²) in [6.45, 7) is 3.78. The summed E-state index contributed by atoms with van der Waals surface area (Å²) in [6.07, 6.45) is 2.97. The largest absolute Gasteiger partial charge is 0.351 e. The van der Waals surface area contributed by atoms with Crippen LogP contribution >= 0.6 is 0 Å². The molecule has 1 aliphatic rings. The predicted molar refractivity (Wildman–Crippen MR) is 111 cm³/mol. The minimum absolute atomic E-state index is 0.0992. The predicted octanol–water partition coefficient (Wildman–Crippen LogP) is 2.02. The summed E-state index contributed by atoms with van der Waals surface area (Å²) >= 11 is 0. The van der Waals surface area contributed by atoms with Crippen molar-refractivity contribution < 1.29 is 9.59 Å². The first-order valence-electron chi connectivity index (χ1n) is 9.83. The molecule has 6 nitrogen and oxygen atoms in total. The van der Waals surface area contributed by atoms with Crippen LogP contribution in [0.5, 0.6) is 0 Å². The van der Waals surface area contributed by atoms with Crippen LogP contribution < -0.4 is 16.4 Å². The molecule has 0 aliphatic carbocycles. The third kappa shape index (κ3) is 5.90. The number of carbonyl (C=O) groups is 2. The Morgan fingerprint density at radius 3 is 2.36 bits per heavy atom. The lowest BCUT2D eigenvalue weighted by Gasteiger charge is -2.15. The number of benzene rings is 2. The molecule has 6 heteroatoms. The molecular weight excluding hydrogens is 352 g/mol. The van der Waals surface area contributed by atoms with E-state index in [2.05, 4.69) is 15.5 Å². The Kier molecular flexibility index (Phi) is 7.17. The van der Waals surface area contributed by atoms with E-state index in [0.29, 0.717) is 24.2 Å². The number of anilines is 1. The van der Waals surface area contributed by atoms with Crippen LogP contribution in [0.2, 0.25) is 0 Å². The molecule has 0 saturated carbocycles. The number of carbonyl (C=O) groups excluding carboxylic acids is 2. The van der Waals surface area contributed by atoms with Crippen LogP contribution in [-0.4, -0.2) is 48.9 Å². The molecule has 1 saturated heterocycles. The van der Waals surface area contributed by atoms with Gasteiger partial charge in [-0.2, -0.15) is 0 Å². The van der Waals surface area contributed by atoms with Crippen molar-refractivity contribution in [2.24, 2.45) is 5.73 Å². The van der Waals surface area contributed by atoms with Crippen LogP contribution in [0.15, 0.2) is 54.6 Å². The number of rotatable bonds is 8. The average molecular weight is 380 g/mol. The van der Waals surface area contributed by atoms with Crippen LogP contribution in [0.1, 0.15) is 28.8 Å². The Hall–Kier alpha value is -2.70. The van der Waals surface area contributed by atoms with Gasteiger partial charge in [0.15, 0.2) is 0 Å². The second-order valence-corrected chi connectivity index (χ2v) is 7.17. The van der Waals surface area contributed by atoms with Crippen molar-refractivity contribution in [2.45, 2.75) is 25.3 Å². The van der Waals surface area contributed by atoms with E-state index >= 15 is 0 Å². The molecule has 4 N–H and O–H groups in total. The first-order valence-corrected chi connectivity index (χ1v) is 9.83. The lowest BCUT2D eigenvalue weighted by atomic mass is 10.1. The SMILES string of the molecule is NC(Cc1ccccc1)C(=O)Nc1ccc(C(=O)NCCN2CCCC2)cc1. The number of nitrogens with zero attached hydrogens (tertiary/aromatic N) is 1. The smallest absolute Gasteiger partial charge is 0.251 e. The molecule has 1 unspecified atom stereocenters. The number of amides is 2. The summed E-state index contributed by atoms with van der Waals surface area (Å²) in [6, 6.07) is 15.9. The maximum absolute atomic E-state index is 12.3. The van der Waals surface area contributed by atoms with Crippen molar-refractivity contribution in [1.29, 1.82) is 0 Å². The number of nitrogens with one attached hydrogen (secondary N) is 2. The van der Waals surface area contributed by atoms with Gasteiger partial charge in [0.25, 0.3) is 5.91 Å². The first-order chi connectivity index (χ1) is 13.6. The second kappa shape index (κ2) is 10.0. The molecule has 0 spiro atoms. The Labute approximate surface area is 166 Å². The topological polar surface area (TPSA) is 87.5 Å². The van der Waals surface area contributed by atoms with Gasteiger partial charge in [-0.15, -0.1) is 0 Å². The van der Waals surface area contributed by atoms with E-state index in [1.807, 2.05) is 30.3 Å². The molecule has 0 radical (unpaired) electrons. The molecule has 2 aromatic rings. The van der Waals surface area contributed by atoms with Crippen molar-refractivity contribution in [3.05, 3.63) is 65.7 Å². The van der Waals surface area contributed by atoms with Crippen molar-refractivity contribution >= 4 is 17.5 Å². The molecule has 2 aromatic carbocycles. The monoisotopic (exact) mass is 380 g/mol. The van der Waals surface area contributed by atoms with E-state index in [4.69, 9.17) is 5.73 Å². The summed E-state index contributed by atoms with van der Waals surface area (Å²) < 4.78 is 0. The Bertz CT molecular complexity index is 771. The Morgan fingerprint density at radius 2 is 1.68 bits per heavy atom. The summed E-state index contributed by atoms with van der Waals surface area (Å²) in [5.41, 5.74) is 8.23. The number of hydrogen-bond acceptors (Lipinski definition) is 4. The maximum Gasteiger partial charge on any atom is 0.251 e. The molecule has 1 heterocycles. The first kappa shape index (κ1) is 20.0. The van der Waals surface area contributed by atoms with Gasteiger partial charge in [-0.05, 0) is 62.2 Å². The highest BCUT2D eigenvalue weighted by molar-refractivity contribution is 5.97. The van der Waals surface area contributed by atoms with Gasteiger partial charge in [0, 0.05) is 24.3 Å². The van der Waals surface area contributed by atoms with Crippen LogP contribution in [0.25, 0.3) is 0 Å². The zero-order chi connectivity index (χ0) is 19.8. The highest BCUT2D eigenvalue weighted by Crippen LogP contribution is 2.11. The molecule has 3 rings (SSSR count). The van der Waals surface area contributed by atoms with Crippen molar-refractivity contribution in [3.63, 3.8) is 0 Å². The van der Waals surface area contributed by atoms with Gasteiger partial charge in [0.05, 0.1) is 6.04 Å². The fourth-order valence-corrected chi connectivity index (χ4v) is 3.34. The van der Waals surface area contributed by atoms with E-state index in [1.54, 1.807) is 24.3 Å². The fraction of sp³-hybridized carbons (Fsp3) is 0.364. The molecule has 28 heavy (non-hydrogen) atoms. The lowest BCUT2D eigenvalue weighted by Crippen LogP contribution is -2.37. The van der Waals surface area contributed by atoms with Crippen molar-refractivity contribution in [2.75, 3.05) is 31.5 Å². The van der Waals surface area contributed by atoms with Gasteiger partial charge in [-0.25, -0.2) is 0 Å². The number of hydrogen-bond donors (Lipinski definition) is 3. The van der Waals surface area contributed by atoms with Gasteiger partial charge in [-0.3, -0.25) is 9.59 Å². The van der Waals surface area contributed by atoms with Crippen LogP contribution in [0.4, 0.5) is 5.69 Å². The molecule has 0 bridgehead atoms.